The quantitative estimate of drug-likeness (QED) is 0.383. The van der Waals surface area contributed by atoms with E-state index in [1.165, 1.54) is 35.9 Å². The minimum atomic E-state index is -1.25. The van der Waals surface area contributed by atoms with Crippen molar-refractivity contribution in [3.8, 4) is 17.5 Å². The summed E-state index contributed by atoms with van der Waals surface area (Å²) in [6, 6.07) is 11.7. The lowest BCUT2D eigenvalue weighted by atomic mass is 10.0. The average molecular weight is 492 g/mol. The summed E-state index contributed by atoms with van der Waals surface area (Å²) in [6.07, 6.45) is 0. The van der Waals surface area contributed by atoms with Gasteiger partial charge in [-0.25, -0.2) is 19.2 Å². The number of aromatic carboxylic acids is 1. The number of aryl methyl sites for hydroxylation is 1. The average Bonchev–Trinajstić information content (AvgIpc) is 2.81. The molecule has 0 aliphatic rings. The van der Waals surface area contributed by atoms with E-state index in [-0.39, 0.29) is 39.0 Å². The fourth-order valence-corrected chi connectivity index (χ4v) is 4.10. The van der Waals surface area contributed by atoms with Gasteiger partial charge in [0, 0.05) is 18.2 Å². The summed E-state index contributed by atoms with van der Waals surface area (Å²) in [5.41, 5.74) is 1.85. The third kappa shape index (κ3) is 4.56. The van der Waals surface area contributed by atoms with Gasteiger partial charge in [-0.3, -0.25) is 9.36 Å². The maximum absolute atomic E-state index is 14.1. The van der Waals surface area contributed by atoms with Crippen molar-refractivity contribution in [1.29, 1.82) is 5.26 Å². The first kappa shape index (κ1) is 23.9. The molecule has 2 heterocycles. The lowest BCUT2D eigenvalue weighted by molar-refractivity contribution is 0.0691. The zero-order chi connectivity index (χ0) is 25.4. The van der Waals surface area contributed by atoms with Gasteiger partial charge in [0.25, 0.3) is 5.56 Å². The largest absolute Gasteiger partial charge is 0.476 e. The predicted molar refractivity (Wildman–Crippen MR) is 130 cm³/mol. The number of fused-ring (bicyclic) bond motifs is 1. The molecule has 0 bridgehead atoms. The fraction of sp³-hybridized carbons (Fsp3) is 0.160. The molecule has 1 unspecified atom stereocenters. The first-order chi connectivity index (χ1) is 16.6. The Morgan fingerprint density at radius 3 is 2.66 bits per heavy atom. The van der Waals surface area contributed by atoms with Crippen molar-refractivity contribution >= 4 is 34.2 Å². The number of benzene rings is 2. The van der Waals surface area contributed by atoms with Crippen LogP contribution in [0.15, 0.2) is 47.3 Å². The number of halogens is 2. The Balaban J connectivity index is 1.91. The van der Waals surface area contributed by atoms with Crippen LogP contribution in [0.5, 0.6) is 0 Å². The van der Waals surface area contributed by atoms with Gasteiger partial charge in [0.05, 0.1) is 34.3 Å². The van der Waals surface area contributed by atoms with E-state index in [9.17, 15) is 24.3 Å². The molecule has 0 radical (unpaired) electrons. The molecule has 8 nitrogen and oxygen atoms in total. The molecule has 0 aliphatic carbocycles. The molecular formula is C25H19ClFN5O3. The second-order valence-electron chi connectivity index (χ2n) is 8.09. The van der Waals surface area contributed by atoms with Crippen molar-refractivity contribution < 1.29 is 14.3 Å². The standard InChI is InChI=1S/C25H19ClFN5O3/c1-12-6-17(13(2)29-19-4-5-20(26)30-22(19)25(34)35)21-18(7-12)24(33)32(3)23(31-21)15-8-14(11-28)9-16(27)10-15/h4-10,13,29H,1-3H3,(H,34,35). The smallest absolute Gasteiger partial charge is 0.356 e. The van der Waals surface area contributed by atoms with Crippen LogP contribution in [-0.4, -0.2) is 25.6 Å². The van der Waals surface area contributed by atoms with Crippen molar-refractivity contribution in [3.63, 3.8) is 0 Å². The normalized spacial score (nSPS) is 11.8. The van der Waals surface area contributed by atoms with E-state index in [1.807, 2.05) is 19.1 Å². The molecule has 0 saturated heterocycles. The highest BCUT2D eigenvalue weighted by Crippen LogP contribution is 2.29. The van der Waals surface area contributed by atoms with Gasteiger partial charge in [-0.2, -0.15) is 5.26 Å². The van der Waals surface area contributed by atoms with Crippen LogP contribution in [0.4, 0.5) is 10.1 Å². The number of carboxylic acids is 1. The Morgan fingerprint density at radius 2 is 1.97 bits per heavy atom. The van der Waals surface area contributed by atoms with Crippen molar-refractivity contribution in [1.82, 2.24) is 14.5 Å². The summed E-state index contributed by atoms with van der Waals surface area (Å²) in [7, 11) is 1.53. The number of rotatable bonds is 5. The number of aromatic nitrogens is 3. The van der Waals surface area contributed by atoms with Crippen LogP contribution < -0.4 is 10.9 Å². The molecule has 2 aromatic heterocycles. The van der Waals surface area contributed by atoms with E-state index in [0.717, 1.165) is 11.6 Å². The SMILES string of the molecule is Cc1cc(C(C)Nc2ccc(Cl)nc2C(=O)O)c2nc(-c3cc(F)cc(C#N)c3)n(C)c(=O)c2c1. The lowest BCUT2D eigenvalue weighted by Crippen LogP contribution is -2.22. The summed E-state index contributed by atoms with van der Waals surface area (Å²) >= 11 is 5.86. The molecule has 2 N–H and O–H groups in total. The van der Waals surface area contributed by atoms with Crippen LogP contribution in [0.3, 0.4) is 0 Å². The second-order valence-corrected chi connectivity index (χ2v) is 8.48. The molecule has 0 spiro atoms. The third-order valence-electron chi connectivity index (χ3n) is 5.54. The Morgan fingerprint density at radius 1 is 1.23 bits per heavy atom. The van der Waals surface area contributed by atoms with Crippen molar-refractivity contribution in [3.05, 3.63) is 86.2 Å². The van der Waals surface area contributed by atoms with Crippen molar-refractivity contribution in [2.75, 3.05) is 5.32 Å². The fourth-order valence-electron chi connectivity index (χ4n) is 3.95. The van der Waals surface area contributed by atoms with Crippen LogP contribution in [0, 0.1) is 24.1 Å². The number of carboxylic acid groups (broad SMARTS) is 1. The summed E-state index contributed by atoms with van der Waals surface area (Å²) in [5, 5.41) is 22.3. The van der Waals surface area contributed by atoms with E-state index < -0.39 is 17.8 Å². The van der Waals surface area contributed by atoms with E-state index in [2.05, 4.69) is 10.3 Å². The number of pyridine rings is 1. The number of anilines is 1. The number of nitrogens with zero attached hydrogens (tertiary/aromatic N) is 4. The Hall–Kier alpha value is -4.29. The molecule has 0 aliphatic heterocycles. The van der Waals surface area contributed by atoms with Gasteiger partial charge in [0.1, 0.15) is 16.8 Å². The lowest BCUT2D eigenvalue weighted by Gasteiger charge is -2.20. The van der Waals surface area contributed by atoms with Crippen LogP contribution in [-0.2, 0) is 7.05 Å². The Kier molecular flexibility index (Phi) is 6.24. The number of nitriles is 1. The first-order valence-corrected chi connectivity index (χ1v) is 10.9. The maximum Gasteiger partial charge on any atom is 0.356 e. The third-order valence-corrected chi connectivity index (χ3v) is 5.75. The molecule has 10 heteroatoms. The van der Waals surface area contributed by atoms with Crippen LogP contribution in [0.25, 0.3) is 22.3 Å². The van der Waals surface area contributed by atoms with E-state index >= 15 is 0 Å². The van der Waals surface area contributed by atoms with Gasteiger partial charge in [-0.05, 0) is 55.8 Å². The topological polar surface area (TPSA) is 121 Å². The highest BCUT2D eigenvalue weighted by atomic mass is 35.5. The summed E-state index contributed by atoms with van der Waals surface area (Å²) < 4.78 is 15.5. The van der Waals surface area contributed by atoms with E-state index in [0.29, 0.717) is 16.5 Å². The van der Waals surface area contributed by atoms with Crippen LogP contribution in [0.2, 0.25) is 5.15 Å². The maximum atomic E-state index is 14.1. The van der Waals surface area contributed by atoms with Crippen molar-refractivity contribution in [2.45, 2.75) is 19.9 Å². The van der Waals surface area contributed by atoms with Gasteiger partial charge < -0.3 is 10.4 Å². The van der Waals surface area contributed by atoms with Gasteiger partial charge in [0.15, 0.2) is 5.69 Å². The van der Waals surface area contributed by atoms with Gasteiger partial charge in [-0.1, -0.05) is 17.7 Å². The van der Waals surface area contributed by atoms with Crippen LogP contribution >= 0.6 is 11.6 Å². The van der Waals surface area contributed by atoms with Gasteiger partial charge in [-0.15, -0.1) is 0 Å². The highest BCUT2D eigenvalue weighted by Gasteiger charge is 2.20. The summed E-state index contributed by atoms with van der Waals surface area (Å²) in [5.74, 6) is -1.68. The minimum absolute atomic E-state index is 0.0447. The van der Waals surface area contributed by atoms with Crippen molar-refractivity contribution in [2.24, 2.45) is 7.05 Å². The Labute approximate surface area is 204 Å². The minimum Gasteiger partial charge on any atom is -0.476 e. The van der Waals surface area contributed by atoms with Gasteiger partial charge in [0.2, 0.25) is 0 Å². The molecule has 4 aromatic rings. The second kappa shape index (κ2) is 9.16. The molecule has 4 rings (SSSR count). The zero-order valence-electron chi connectivity index (χ0n) is 18.9. The van der Waals surface area contributed by atoms with E-state index in [4.69, 9.17) is 16.6 Å². The molecular weight excluding hydrogens is 473 g/mol. The molecule has 0 fully saturated rings. The number of nitrogens with one attached hydrogen (secondary N) is 1. The molecule has 0 amide bonds. The molecule has 176 valence electrons. The molecule has 0 saturated carbocycles. The number of hydrogen-bond acceptors (Lipinski definition) is 6. The Bertz CT molecular complexity index is 1610. The molecule has 1 atom stereocenters. The highest BCUT2D eigenvalue weighted by molar-refractivity contribution is 6.29. The summed E-state index contributed by atoms with van der Waals surface area (Å²) in [6.45, 7) is 3.63. The zero-order valence-corrected chi connectivity index (χ0v) is 19.7. The number of carbonyl (C=O) groups is 1. The molecule has 35 heavy (non-hydrogen) atoms. The number of hydrogen-bond donors (Lipinski definition) is 2. The summed E-state index contributed by atoms with van der Waals surface area (Å²) in [4.78, 5) is 33.5. The molecule has 2 aromatic carbocycles. The predicted octanol–water partition coefficient (Wildman–Crippen LogP) is 4.84. The monoisotopic (exact) mass is 491 g/mol. The van der Waals surface area contributed by atoms with Crippen LogP contribution in [0.1, 0.15) is 40.1 Å². The first-order valence-electron chi connectivity index (χ1n) is 10.5. The van der Waals surface area contributed by atoms with E-state index in [1.54, 1.807) is 13.0 Å². The van der Waals surface area contributed by atoms with Gasteiger partial charge >= 0.3 is 5.97 Å².